The predicted molar refractivity (Wildman–Crippen MR) is 163 cm³/mol. The second kappa shape index (κ2) is 21.1. The van der Waals surface area contributed by atoms with Crippen molar-refractivity contribution in [1.82, 2.24) is 9.80 Å². The van der Waals surface area contributed by atoms with Crippen molar-refractivity contribution in [3.63, 3.8) is 0 Å². The fourth-order valence-corrected chi connectivity index (χ4v) is 5.62. The topological polar surface area (TPSA) is 186 Å². The molecule has 0 atom stereocenters. The molecule has 0 bridgehead atoms. The fourth-order valence-electron chi connectivity index (χ4n) is 5.62. The second-order valence-corrected chi connectivity index (χ2v) is 12.0. The summed E-state index contributed by atoms with van der Waals surface area (Å²) in [6.45, 7) is 6.27. The summed E-state index contributed by atoms with van der Waals surface area (Å²) in [5, 5.41) is 18.7. The van der Waals surface area contributed by atoms with Crippen molar-refractivity contribution in [1.29, 1.82) is 0 Å². The lowest BCUT2D eigenvalue weighted by Gasteiger charge is -2.28. The molecule has 2 aliphatic carbocycles. The van der Waals surface area contributed by atoms with Crippen molar-refractivity contribution in [2.24, 2.45) is 23.7 Å². The van der Waals surface area contributed by atoms with E-state index in [1.807, 2.05) is 0 Å². The van der Waals surface area contributed by atoms with Crippen molar-refractivity contribution < 1.29 is 57.9 Å². The van der Waals surface area contributed by atoms with Crippen molar-refractivity contribution in [2.75, 3.05) is 65.7 Å². The summed E-state index contributed by atoms with van der Waals surface area (Å²) in [7, 11) is 0. The lowest BCUT2D eigenvalue weighted by atomic mass is 9.83. The van der Waals surface area contributed by atoms with Crippen LogP contribution in [0.25, 0.3) is 0 Å². The fraction of sp³-hybridized carbons (Fsp3) is 0.688. The molecule has 14 nitrogen and oxygen atoms in total. The molecule has 0 spiro atoms. The molecule has 258 valence electrons. The second-order valence-electron chi connectivity index (χ2n) is 12.0. The Morgan fingerprint density at radius 1 is 0.522 bits per heavy atom. The minimum atomic E-state index is -1.17. The summed E-state index contributed by atoms with van der Waals surface area (Å²) >= 11 is 0. The number of rotatable bonds is 21. The molecule has 0 aromatic heterocycles. The monoisotopic (exact) mass is 652 g/mol. The summed E-state index contributed by atoms with van der Waals surface area (Å²) in [5.41, 5.74) is 0. The molecule has 2 fully saturated rings. The standard InChI is InChI=1S/C32H48N2O12/c1-3-29(39)43-19-23-5-9-25(10-6-23)21-45-31(41)17-33(15-27(35)36)13-14-34(16-28(37)38)18-32(42)46-22-26-11-7-24(8-12-26)20-44-30(40)4-2/h3-4,23-26H,1-2,5-22H2,(H,35,36)(H,37,38). The van der Waals surface area contributed by atoms with Crippen LogP contribution in [-0.2, 0) is 47.7 Å². The number of esters is 4. The Balaban J connectivity index is 1.74. The van der Waals surface area contributed by atoms with E-state index in [4.69, 9.17) is 18.9 Å². The first-order valence-electron chi connectivity index (χ1n) is 15.7. The lowest BCUT2D eigenvalue weighted by molar-refractivity contribution is -0.151. The zero-order valence-electron chi connectivity index (χ0n) is 26.5. The Morgan fingerprint density at radius 2 is 0.804 bits per heavy atom. The summed E-state index contributed by atoms with van der Waals surface area (Å²) in [6, 6.07) is 0. The van der Waals surface area contributed by atoms with Crippen molar-refractivity contribution in [3.05, 3.63) is 25.3 Å². The molecule has 0 aromatic carbocycles. The van der Waals surface area contributed by atoms with Gasteiger partial charge in [-0.25, -0.2) is 9.59 Å². The van der Waals surface area contributed by atoms with E-state index < -0.39 is 48.9 Å². The zero-order valence-corrected chi connectivity index (χ0v) is 26.5. The van der Waals surface area contributed by atoms with Crippen LogP contribution in [0.3, 0.4) is 0 Å². The van der Waals surface area contributed by atoms with Crippen LogP contribution in [-0.4, -0.2) is 122 Å². The highest BCUT2D eigenvalue weighted by atomic mass is 16.5. The highest BCUT2D eigenvalue weighted by molar-refractivity contribution is 5.81. The Kier molecular flexibility index (Phi) is 17.6. The molecule has 0 unspecified atom stereocenters. The number of carboxylic acids is 2. The van der Waals surface area contributed by atoms with Crippen LogP contribution in [0, 0.1) is 23.7 Å². The van der Waals surface area contributed by atoms with Crippen molar-refractivity contribution in [3.8, 4) is 0 Å². The Morgan fingerprint density at radius 3 is 1.07 bits per heavy atom. The summed E-state index contributed by atoms with van der Waals surface area (Å²) in [5.74, 6) is -3.64. The molecular formula is C32H48N2O12. The van der Waals surface area contributed by atoms with Gasteiger partial charge in [-0.2, -0.15) is 0 Å². The molecule has 2 saturated carbocycles. The largest absolute Gasteiger partial charge is 0.480 e. The van der Waals surface area contributed by atoms with E-state index >= 15 is 0 Å². The molecule has 0 heterocycles. The van der Waals surface area contributed by atoms with Gasteiger partial charge in [-0.1, -0.05) is 13.2 Å². The minimum Gasteiger partial charge on any atom is -0.480 e. The normalized spacial score (nSPS) is 21.2. The Labute approximate surface area is 269 Å². The Bertz CT molecular complexity index is 966. The van der Waals surface area contributed by atoms with Crippen molar-refractivity contribution in [2.45, 2.75) is 51.4 Å². The number of aliphatic carboxylic acids is 2. The number of hydrogen-bond acceptors (Lipinski definition) is 12. The maximum absolute atomic E-state index is 12.6. The molecule has 2 N–H and O–H groups in total. The molecule has 14 heteroatoms. The van der Waals surface area contributed by atoms with Crippen LogP contribution in [0.1, 0.15) is 51.4 Å². The zero-order chi connectivity index (χ0) is 33.9. The summed E-state index contributed by atoms with van der Waals surface area (Å²) in [6.07, 6.45) is 8.78. The predicted octanol–water partition coefficient (Wildman–Crippen LogP) is 1.92. The van der Waals surface area contributed by atoms with Crippen LogP contribution >= 0.6 is 0 Å². The molecular weight excluding hydrogens is 604 g/mol. The smallest absolute Gasteiger partial charge is 0.330 e. The minimum absolute atomic E-state index is 0.0109. The molecule has 0 amide bonds. The van der Waals surface area contributed by atoms with E-state index in [9.17, 15) is 39.0 Å². The number of carbonyl (C=O) groups excluding carboxylic acids is 4. The first-order valence-corrected chi connectivity index (χ1v) is 15.7. The van der Waals surface area contributed by atoms with Gasteiger partial charge in [0.15, 0.2) is 0 Å². The van der Waals surface area contributed by atoms with Gasteiger partial charge in [-0.05, 0) is 75.0 Å². The highest BCUT2D eigenvalue weighted by Gasteiger charge is 2.26. The third kappa shape index (κ3) is 16.5. The molecule has 0 aliphatic heterocycles. The van der Waals surface area contributed by atoms with Gasteiger partial charge in [0, 0.05) is 25.2 Å². The van der Waals surface area contributed by atoms with E-state index in [0.29, 0.717) is 13.2 Å². The van der Waals surface area contributed by atoms with Gasteiger partial charge in [0.1, 0.15) is 0 Å². The average molecular weight is 653 g/mol. The average Bonchev–Trinajstić information content (AvgIpc) is 3.03. The SMILES string of the molecule is C=CC(=O)OCC1CCC(COC(=O)CN(CCN(CC(=O)O)CC(=O)OCC2CCC(COC(=O)C=C)CC2)CC(=O)O)CC1. The number of nitrogens with zero attached hydrogens (tertiary/aromatic N) is 2. The molecule has 2 aliphatic rings. The maximum Gasteiger partial charge on any atom is 0.330 e. The van der Waals surface area contributed by atoms with Gasteiger partial charge in [-0.15, -0.1) is 0 Å². The molecule has 0 saturated heterocycles. The van der Waals surface area contributed by atoms with Gasteiger partial charge in [-0.3, -0.25) is 29.0 Å². The number of hydrogen-bond donors (Lipinski definition) is 2. The van der Waals surface area contributed by atoms with E-state index in [1.54, 1.807) is 0 Å². The van der Waals surface area contributed by atoms with Gasteiger partial charge in [0.25, 0.3) is 0 Å². The molecule has 0 aromatic rings. The number of ether oxygens (including phenoxy) is 4. The first kappa shape index (κ1) is 38.4. The summed E-state index contributed by atoms with van der Waals surface area (Å²) in [4.78, 5) is 73.2. The lowest BCUT2D eigenvalue weighted by Crippen LogP contribution is -2.44. The molecule has 2 rings (SSSR count). The van der Waals surface area contributed by atoms with Crippen LogP contribution < -0.4 is 0 Å². The molecule has 0 radical (unpaired) electrons. The van der Waals surface area contributed by atoms with E-state index in [-0.39, 0.29) is 63.1 Å². The van der Waals surface area contributed by atoms with Crippen LogP contribution in [0.2, 0.25) is 0 Å². The van der Waals surface area contributed by atoms with Crippen LogP contribution in [0.15, 0.2) is 25.3 Å². The third-order valence-corrected chi connectivity index (χ3v) is 8.30. The highest BCUT2D eigenvalue weighted by Crippen LogP contribution is 2.30. The number of carbonyl (C=O) groups is 6. The van der Waals surface area contributed by atoms with Gasteiger partial charge in [0.05, 0.1) is 52.6 Å². The maximum atomic E-state index is 12.6. The van der Waals surface area contributed by atoms with E-state index in [0.717, 1.165) is 63.5 Å². The van der Waals surface area contributed by atoms with Crippen molar-refractivity contribution >= 4 is 35.8 Å². The van der Waals surface area contributed by atoms with Gasteiger partial charge >= 0.3 is 35.8 Å². The van der Waals surface area contributed by atoms with Gasteiger partial charge < -0.3 is 29.2 Å². The van der Waals surface area contributed by atoms with Crippen LogP contribution in [0.4, 0.5) is 0 Å². The quantitative estimate of drug-likeness (QED) is 0.104. The van der Waals surface area contributed by atoms with Gasteiger partial charge in [0.2, 0.25) is 0 Å². The third-order valence-electron chi connectivity index (χ3n) is 8.30. The Hall–Kier alpha value is -3.78. The first-order chi connectivity index (χ1) is 22.0. The summed E-state index contributed by atoms with van der Waals surface area (Å²) < 4.78 is 21.1. The van der Waals surface area contributed by atoms with E-state index in [1.165, 1.54) is 9.80 Å². The van der Waals surface area contributed by atoms with Crippen LogP contribution in [0.5, 0.6) is 0 Å². The molecule has 46 heavy (non-hydrogen) atoms. The van der Waals surface area contributed by atoms with E-state index in [2.05, 4.69) is 13.2 Å². The number of carboxylic acid groups (broad SMARTS) is 2.